The van der Waals surface area contributed by atoms with Gasteiger partial charge in [-0.25, -0.2) is 9.97 Å². The number of nitrogens with zero attached hydrogens (tertiary/aromatic N) is 3. The molecule has 2 N–H and O–H groups in total. The van der Waals surface area contributed by atoms with E-state index in [-0.39, 0.29) is 6.04 Å². The number of H-pyrrole nitrogens is 1. The summed E-state index contributed by atoms with van der Waals surface area (Å²) in [6, 6.07) is 1.81. The maximum Gasteiger partial charge on any atom is 0.226 e. The highest BCUT2D eigenvalue weighted by Crippen LogP contribution is 2.18. The van der Waals surface area contributed by atoms with E-state index in [0.29, 0.717) is 18.4 Å². The number of anilines is 1. The van der Waals surface area contributed by atoms with Crippen molar-refractivity contribution in [1.82, 2.24) is 19.9 Å². The molecule has 0 bridgehead atoms. The largest absolute Gasteiger partial charge is 0.478 e. The molecule has 2 rings (SSSR count). The molecule has 2 aromatic heterocycles. The monoisotopic (exact) mass is 247 g/mol. The Morgan fingerprint density at radius 1 is 1.33 bits per heavy atom. The Kier molecular flexibility index (Phi) is 4.11. The smallest absolute Gasteiger partial charge is 0.226 e. The zero-order valence-electron chi connectivity index (χ0n) is 10.6. The zero-order chi connectivity index (χ0) is 12.8. The third-order valence-electron chi connectivity index (χ3n) is 2.48. The first-order chi connectivity index (χ1) is 8.83. The molecule has 0 saturated carbocycles. The van der Waals surface area contributed by atoms with Gasteiger partial charge in [-0.15, -0.1) is 0 Å². The van der Waals surface area contributed by atoms with Crippen molar-refractivity contribution < 1.29 is 4.74 Å². The van der Waals surface area contributed by atoms with E-state index >= 15 is 0 Å². The van der Waals surface area contributed by atoms with Crippen LogP contribution in [0.5, 0.6) is 5.88 Å². The van der Waals surface area contributed by atoms with Gasteiger partial charge in [-0.2, -0.15) is 4.98 Å². The summed E-state index contributed by atoms with van der Waals surface area (Å²) in [4.78, 5) is 15.8. The molecule has 0 aliphatic rings. The summed E-state index contributed by atoms with van der Waals surface area (Å²) in [5.74, 6) is 2.00. The summed E-state index contributed by atoms with van der Waals surface area (Å²) in [6.07, 6.45) is 6.10. The fraction of sp³-hybridized carbons (Fsp3) is 0.417. The van der Waals surface area contributed by atoms with Crippen molar-refractivity contribution in [2.75, 3.05) is 11.9 Å². The number of nitrogens with one attached hydrogen (secondary N) is 2. The van der Waals surface area contributed by atoms with Crippen LogP contribution < -0.4 is 10.1 Å². The summed E-state index contributed by atoms with van der Waals surface area (Å²) in [6.45, 7) is 4.59. The molecule has 18 heavy (non-hydrogen) atoms. The SMILES string of the molecule is CCOc1ccnc(NC(CC)c2ncc[nH]2)n1. The van der Waals surface area contributed by atoms with Crippen LogP contribution in [0.15, 0.2) is 24.7 Å². The van der Waals surface area contributed by atoms with E-state index < -0.39 is 0 Å². The first kappa shape index (κ1) is 12.3. The lowest BCUT2D eigenvalue weighted by Crippen LogP contribution is -2.13. The minimum absolute atomic E-state index is 0.0666. The van der Waals surface area contributed by atoms with E-state index in [0.717, 1.165) is 12.2 Å². The van der Waals surface area contributed by atoms with Crippen molar-refractivity contribution in [3.05, 3.63) is 30.5 Å². The number of aromatic nitrogens is 4. The average molecular weight is 247 g/mol. The molecule has 2 heterocycles. The third-order valence-corrected chi connectivity index (χ3v) is 2.48. The summed E-state index contributed by atoms with van der Waals surface area (Å²) in [5, 5.41) is 3.23. The van der Waals surface area contributed by atoms with Gasteiger partial charge in [-0.1, -0.05) is 6.92 Å². The first-order valence-corrected chi connectivity index (χ1v) is 6.05. The van der Waals surface area contributed by atoms with E-state index in [9.17, 15) is 0 Å². The molecule has 6 heteroatoms. The molecular weight excluding hydrogens is 230 g/mol. The standard InChI is InChI=1S/C12H17N5O/c1-3-9(11-13-7-8-14-11)16-12-15-6-5-10(17-12)18-4-2/h5-9H,3-4H2,1-2H3,(H,13,14)(H,15,16,17). The highest BCUT2D eigenvalue weighted by molar-refractivity contribution is 5.30. The van der Waals surface area contributed by atoms with Crippen LogP contribution in [0.2, 0.25) is 0 Å². The molecule has 0 aliphatic heterocycles. The van der Waals surface area contributed by atoms with Crippen molar-refractivity contribution >= 4 is 5.95 Å². The minimum atomic E-state index is 0.0666. The normalized spacial score (nSPS) is 12.1. The van der Waals surface area contributed by atoms with Gasteiger partial charge in [0.1, 0.15) is 5.82 Å². The van der Waals surface area contributed by atoms with Gasteiger partial charge in [-0.05, 0) is 13.3 Å². The summed E-state index contributed by atoms with van der Waals surface area (Å²) < 4.78 is 5.34. The van der Waals surface area contributed by atoms with Crippen molar-refractivity contribution in [2.45, 2.75) is 26.3 Å². The van der Waals surface area contributed by atoms with Gasteiger partial charge in [0.15, 0.2) is 0 Å². The predicted molar refractivity (Wildman–Crippen MR) is 68.4 cm³/mol. The Morgan fingerprint density at radius 2 is 2.22 bits per heavy atom. The van der Waals surface area contributed by atoms with E-state index in [1.165, 1.54) is 0 Å². The molecule has 1 atom stereocenters. The van der Waals surface area contributed by atoms with Crippen LogP contribution in [0.3, 0.4) is 0 Å². The zero-order valence-corrected chi connectivity index (χ0v) is 10.6. The Bertz CT molecular complexity index is 471. The molecule has 2 aromatic rings. The van der Waals surface area contributed by atoms with Gasteiger partial charge in [0.25, 0.3) is 0 Å². The van der Waals surface area contributed by atoms with Gasteiger partial charge < -0.3 is 15.0 Å². The number of aromatic amines is 1. The van der Waals surface area contributed by atoms with Crippen LogP contribution in [0.4, 0.5) is 5.95 Å². The van der Waals surface area contributed by atoms with Crippen molar-refractivity contribution in [3.8, 4) is 5.88 Å². The molecule has 0 aromatic carbocycles. The van der Waals surface area contributed by atoms with Crippen LogP contribution >= 0.6 is 0 Å². The minimum Gasteiger partial charge on any atom is -0.478 e. The predicted octanol–water partition coefficient (Wildman–Crippen LogP) is 2.16. The van der Waals surface area contributed by atoms with E-state index in [2.05, 4.69) is 32.2 Å². The van der Waals surface area contributed by atoms with Crippen molar-refractivity contribution in [1.29, 1.82) is 0 Å². The molecule has 6 nitrogen and oxygen atoms in total. The molecule has 96 valence electrons. The van der Waals surface area contributed by atoms with Gasteiger partial charge in [0.05, 0.1) is 12.6 Å². The molecule has 0 fully saturated rings. The number of hydrogen-bond donors (Lipinski definition) is 2. The van der Waals surface area contributed by atoms with Crippen molar-refractivity contribution in [3.63, 3.8) is 0 Å². The third kappa shape index (κ3) is 2.97. The van der Waals surface area contributed by atoms with Crippen LogP contribution in [0.1, 0.15) is 32.1 Å². The lowest BCUT2D eigenvalue weighted by atomic mass is 10.2. The highest BCUT2D eigenvalue weighted by atomic mass is 16.5. The number of imidazole rings is 1. The molecular formula is C12H17N5O. The van der Waals surface area contributed by atoms with Crippen LogP contribution in [-0.4, -0.2) is 26.5 Å². The molecule has 0 amide bonds. The van der Waals surface area contributed by atoms with E-state index in [1.54, 1.807) is 24.7 Å². The van der Waals surface area contributed by atoms with Gasteiger partial charge >= 0.3 is 0 Å². The van der Waals surface area contributed by atoms with E-state index in [4.69, 9.17) is 4.74 Å². The van der Waals surface area contributed by atoms with Crippen LogP contribution in [0.25, 0.3) is 0 Å². The fourth-order valence-electron chi connectivity index (χ4n) is 1.63. The first-order valence-electron chi connectivity index (χ1n) is 6.05. The van der Waals surface area contributed by atoms with Gasteiger partial charge in [-0.3, -0.25) is 0 Å². The number of ether oxygens (including phenoxy) is 1. The summed E-state index contributed by atoms with van der Waals surface area (Å²) >= 11 is 0. The second-order valence-electron chi connectivity index (χ2n) is 3.73. The second kappa shape index (κ2) is 6.00. The topological polar surface area (TPSA) is 75.7 Å². The van der Waals surface area contributed by atoms with Crippen molar-refractivity contribution in [2.24, 2.45) is 0 Å². The maximum absolute atomic E-state index is 5.34. The lowest BCUT2D eigenvalue weighted by Gasteiger charge is -2.14. The molecule has 0 radical (unpaired) electrons. The molecule has 0 saturated heterocycles. The Hall–Kier alpha value is -2.11. The van der Waals surface area contributed by atoms with Crippen LogP contribution in [-0.2, 0) is 0 Å². The van der Waals surface area contributed by atoms with Crippen LogP contribution in [0, 0.1) is 0 Å². The average Bonchev–Trinajstić information content (AvgIpc) is 2.90. The fourth-order valence-corrected chi connectivity index (χ4v) is 1.63. The molecule has 1 unspecified atom stereocenters. The van der Waals surface area contributed by atoms with Gasteiger partial charge in [0.2, 0.25) is 11.8 Å². The number of hydrogen-bond acceptors (Lipinski definition) is 5. The highest BCUT2D eigenvalue weighted by Gasteiger charge is 2.12. The Morgan fingerprint density at radius 3 is 2.89 bits per heavy atom. The quantitative estimate of drug-likeness (QED) is 0.818. The summed E-state index contributed by atoms with van der Waals surface area (Å²) in [5.41, 5.74) is 0. The summed E-state index contributed by atoms with van der Waals surface area (Å²) in [7, 11) is 0. The Labute approximate surface area is 106 Å². The Balaban J connectivity index is 2.09. The molecule has 0 spiro atoms. The lowest BCUT2D eigenvalue weighted by molar-refractivity contribution is 0.326. The van der Waals surface area contributed by atoms with Gasteiger partial charge in [0, 0.05) is 24.7 Å². The second-order valence-corrected chi connectivity index (χ2v) is 3.73. The van der Waals surface area contributed by atoms with E-state index in [1.807, 2.05) is 6.92 Å². The maximum atomic E-state index is 5.34. The number of rotatable bonds is 6. The molecule has 0 aliphatic carbocycles.